The fourth-order valence-corrected chi connectivity index (χ4v) is 5.73. The molecule has 1 fully saturated rings. The number of aromatic nitrogens is 4. The summed E-state index contributed by atoms with van der Waals surface area (Å²) in [6, 6.07) is 14.5. The fraction of sp³-hybridized carbons (Fsp3) is 0.300. The van der Waals surface area contributed by atoms with Crippen LogP contribution in [-0.4, -0.2) is 62.9 Å². The molecule has 0 spiro atoms. The van der Waals surface area contributed by atoms with Gasteiger partial charge in [-0.15, -0.1) is 10.2 Å². The largest absolute Gasteiger partial charge is 0.420 e. The van der Waals surface area contributed by atoms with Gasteiger partial charge in [-0.25, -0.2) is 9.97 Å². The summed E-state index contributed by atoms with van der Waals surface area (Å²) in [5, 5.41) is 14.4. The number of nitrogens with one attached hydrogen (secondary N) is 2. The molecule has 4 heterocycles. The molecule has 220 valence electrons. The van der Waals surface area contributed by atoms with Crippen molar-refractivity contribution in [2.75, 3.05) is 19.4 Å². The third-order valence-electron chi connectivity index (χ3n) is 7.45. The number of carbonyl (C=O) groups is 3. The molecule has 6 rings (SSSR count). The van der Waals surface area contributed by atoms with Crippen molar-refractivity contribution in [3.63, 3.8) is 0 Å². The Morgan fingerprint density at radius 3 is 2.30 bits per heavy atom. The number of ether oxygens (including phenoxy) is 1. The van der Waals surface area contributed by atoms with Crippen LogP contribution in [0.3, 0.4) is 0 Å². The molecule has 43 heavy (non-hydrogen) atoms. The molecule has 0 radical (unpaired) electrons. The van der Waals surface area contributed by atoms with E-state index in [1.54, 1.807) is 38.4 Å². The van der Waals surface area contributed by atoms with Gasteiger partial charge in [0.1, 0.15) is 5.15 Å². The van der Waals surface area contributed by atoms with Crippen LogP contribution in [0.25, 0.3) is 11.3 Å². The summed E-state index contributed by atoms with van der Waals surface area (Å²) >= 11 is 7.24. The van der Waals surface area contributed by atoms with E-state index in [1.165, 1.54) is 4.90 Å². The highest BCUT2D eigenvalue weighted by molar-refractivity contribution is 7.17. The predicted octanol–water partition coefficient (Wildman–Crippen LogP) is 5.15. The maximum absolute atomic E-state index is 13.8. The van der Waals surface area contributed by atoms with Crippen molar-refractivity contribution in [1.29, 1.82) is 0 Å². The van der Waals surface area contributed by atoms with Crippen LogP contribution in [0.4, 0.5) is 5.13 Å². The number of benzene rings is 1. The van der Waals surface area contributed by atoms with E-state index >= 15 is 0 Å². The second-order valence-corrected chi connectivity index (χ2v) is 12.6. The Labute approximate surface area is 256 Å². The Hall–Kier alpha value is -4.42. The van der Waals surface area contributed by atoms with E-state index in [0.717, 1.165) is 29.7 Å². The van der Waals surface area contributed by atoms with Gasteiger partial charge in [-0.3, -0.25) is 14.4 Å². The molecule has 13 heteroatoms. The first-order valence-electron chi connectivity index (χ1n) is 13.6. The summed E-state index contributed by atoms with van der Waals surface area (Å²) in [6.07, 6.45) is 1.91. The second kappa shape index (κ2) is 11.0. The van der Waals surface area contributed by atoms with Crippen molar-refractivity contribution in [2.24, 2.45) is 5.41 Å². The van der Waals surface area contributed by atoms with Crippen molar-refractivity contribution >= 4 is 45.8 Å². The van der Waals surface area contributed by atoms with Gasteiger partial charge in [-0.1, -0.05) is 55.0 Å². The molecule has 1 aliphatic carbocycles. The lowest BCUT2D eigenvalue weighted by molar-refractivity contribution is -0.124. The zero-order valence-corrected chi connectivity index (χ0v) is 25.4. The van der Waals surface area contributed by atoms with Crippen molar-refractivity contribution in [1.82, 2.24) is 30.4 Å². The maximum Gasteiger partial charge on any atom is 0.282 e. The monoisotopic (exact) mass is 617 g/mol. The normalized spacial score (nSPS) is 15.5. The molecule has 4 aromatic rings. The lowest BCUT2D eigenvalue weighted by Crippen LogP contribution is -2.38. The highest BCUT2D eigenvalue weighted by atomic mass is 35.5. The SMILES string of the molecule is CN(C)C(=O)c1ccc(-c2ccc3c(n2)Oc2nc(Cl)ccc2C3C(C)(C)C(=O)Nc2nnc(C(=O)NC3CC3)s2)cc1. The van der Waals surface area contributed by atoms with Gasteiger partial charge < -0.3 is 20.3 Å². The van der Waals surface area contributed by atoms with Crippen molar-refractivity contribution in [3.05, 3.63) is 75.4 Å². The van der Waals surface area contributed by atoms with Crippen molar-refractivity contribution in [3.8, 4) is 23.0 Å². The Kier molecular flexibility index (Phi) is 7.35. The third-order valence-corrected chi connectivity index (χ3v) is 8.50. The van der Waals surface area contributed by atoms with E-state index in [-0.39, 0.29) is 44.9 Å². The first-order valence-corrected chi connectivity index (χ1v) is 14.8. The van der Waals surface area contributed by atoms with Gasteiger partial charge in [-0.05, 0) is 43.2 Å². The highest BCUT2D eigenvalue weighted by Crippen LogP contribution is 2.51. The molecule has 0 saturated heterocycles. The van der Waals surface area contributed by atoms with Crippen LogP contribution < -0.4 is 15.4 Å². The van der Waals surface area contributed by atoms with Crippen molar-refractivity contribution < 1.29 is 19.1 Å². The molecule has 1 aromatic carbocycles. The number of anilines is 1. The van der Waals surface area contributed by atoms with Crippen LogP contribution in [0.2, 0.25) is 5.15 Å². The van der Waals surface area contributed by atoms with Crippen LogP contribution in [-0.2, 0) is 4.79 Å². The minimum atomic E-state index is -1.05. The predicted molar refractivity (Wildman–Crippen MR) is 162 cm³/mol. The van der Waals surface area contributed by atoms with Gasteiger partial charge in [-0.2, -0.15) is 0 Å². The van der Waals surface area contributed by atoms with E-state index in [0.29, 0.717) is 28.3 Å². The van der Waals surface area contributed by atoms with Gasteiger partial charge in [0.15, 0.2) is 0 Å². The first kappa shape index (κ1) is 28.7. The zero-order valence-electron chi connectivity index (χ0n) is 23.8. The number of halogens is 1. The average Bonchev–Trinajstić information content (AvgIpc) is 3.68. The van der Waals surface area contributed by atoms with E-state index < -0.39 is 11.3 Å². The summed E-state index contributed by atoms with van der Waals surface area (Å²) in [6.45, 7) is 3.63. The summed E-state index contributed by atoms with van der Waals surface area (Å²) < 4.78 is 6.14. The highest BCUT2D eigenvalue weighted by Gasteiger charge is 2.45. The quantitative estimate of drug-likeness (QED) is 0.272. The number of carbonyl (C=O) groups excluding carboxylic acids is 3. The minimum absolute atomic E-state index is 0.0949. The van der Waals surface area contributed by atoms with Crippen LogP contribution in [0.1, 0.15) is 63.9 Å². The summed E-state index contributed by atoms with van der Waals surface area (Å²) in [5.41, 5.74) is 2.30. The molecule has 1 aliphatic heterocycles. The molecule has 1 saturated carbocycles. The third kappa shape index (κ3) is 5.67. The number of hydrogen-bond donors (Lipinski definition) is 2. The Bertz CT molecular complexity index is 1750. The van der Waals surface area contributed by atoms with Crippen LogP contribution in [0.5, 0.6) is 11.8 Å². The number of rotatable bonds is 7. The number of hydrogen-bond acceptors (Lipinski definition) is 9. The molecule has 3 aromatic heterocycles. The number of nitrogens with zero attached hydrogens (tertiary/aromatic N) is 5. The Morgan fingerprint density at radius 1 is 0.953 bits per heavy atom. The van der Waals surface area contributed by atoms with E-state index in [9.17, 15) is 14.4 Å². The molecule has 1 unspecified atom stereocenters. The topological polar surface area (TPSA) is 139 Å². The van der Waals surface area contributed by atoms with Gasteiger partial charge in [0.25, 0.3) is 11.8 Å². The molecule has 2 aliphatic rings. The van der Waals surface area contributed by atoms with Gasteiger partial charge in [0, 0.05) is 48.3 Å². The molecular formula is C30H28ClN7O4S. The van der Waals surface area contributed by atoms with Gasteiger partial charge in [0.05, 0.1) is 11.1 Å². The molecule has 1 atom stereocenters. The van der Waals surface area contributed by atoms with E-state index in [2.05, 4.69) is 25.8 Å². The van der Waals surface area contributed by atoms with E-state index in [1.807, 2.05) is 38.1 Å². The Balaban J connectivity index is 1.31. The van der Waals surface area contributed by atoms with Gasteiger partial charge in [0.2, 0.25) is 27.8 Å². The van der Waals surface area contributed by atoms with Crippen LogP contribution >= 0.6 is 22.9 Å². The molecule has 11 nitrogen and oxygen atoms in total. The van der Waals surface area contributed by atoms with Gasteiger partial charge >= 0.3 is 0 Å². The lowest BCUT2D eigenvalue weighted by Gasteiger charge is -2.37. The second-order valence-electron chi connectivity index (χ2n) is 11.3. The van der Waals surface area contributed by atoms with Crippen molar-refractivity contribution in [2.45, 2.75) is 38.6 Å². The van der Waals surface area contributed by atoms with Crippen LogP contribution in [0, 0.1) is 5.41 Å². The maximum atomic E-state index is 13.8. The van der Waals surface area contributed by atoms with Crippen LogP contribution in [0.15, 0.2) is 48.5 Å². The molecule has 0 bridgehead atoms. The summed E-state index contributed by atoms with van der Waals surface area (Å²) in [4.78, 5) is 49.2. The molecule has 3 amide bonds. The van der Waals surface area contributed by atoms with E-state index in [4.69, 9.17) is 21.3 Å². The lowest BCUT2D eigenvalue weighted by atomic mass is 9.70. The summed E-state index contributed by atoms with van der Waals surface area (Å²) in [5.74, 6) is -0.672. The molecule has 2 N–H and O–H groups in total. The minimum Gasteiger partial charge on any atom is -0.420 e. The first-order chi connectivity index (χ1) is 20.5. The number of pyridine rings is 2. The standard InChI is InChI=1S/C30H28ClN7O4S/c1-30(2,28(41)35-29-37-36-26(43-29)23(39)32-17-9-10-17)22-18-11-13-20(15-5-7-16(8-6-15)27(40)38(3)4)33-24(18)42-25-19(22)12-14-21(31)34-25/h5-8,11-14,17,22H,9-10H2,1-4H3,(H,32,39)(H,35,37,41). The fourth-order valence-electron chi connectivity index (χ4n) is 4.95. The Morgan fingerprint density at radius 2 is 1.63 bits per heavy atom. The number of amides is 3. The zero-order chi connectivity index (χ0) is 30.5. The smallest absolute Gasteiger partial charge is 0.282 e. The average molecular weight is 618 g/mol. The summed E-state index contributed by atoms with van der Waals surface area (Å²) in [7, 11) is 3.41. The number of fused-ring (bicyclic) bond motifs is 2. The molecular weight excluding hydrogens is 590 g/mol.